The molecule has 1 atom stereocenters. The van der Waals surface area contributed by atoms with Gasteiger partial charge in [-0.1, -0.05) is 21.1 Å². The van der Waals surface area contributed by atoms with Crippen LogP contribution < -0.4 is 9.64 Å². The number of ether oxygens (including phenoxy) is 1. The molecule has 2 heterocycles. The molecule has 4 rings (SSSR count). The summed E-state index contributed by atoms with van der Waals surface area (Å²) in [4.78, 5) is 18.7. The predicted molar refractivity (Wildman–Crippen MR) is 100 cm³/mol. The third-order valence-corrected chi connectivity index (χ3v) is 4.93. The summed E-state index contributed by atoms with van der Waals surface area (Å²) < 4.78 is 11.6. The van der Waals surface area contributed by atoms with E-state index in [2.05, 4.69) is 26.1 Å². The number of hydrogen-bond donors (Lipinski definition) is 0. The highest BCUT2D eigenvalue weighted by molar-refractivity contribution is 9.10. The van der Waals surface area contributed by atoms with Gasteiger partial charge in [0.25, 0.3) is 0 Å². The lowest BCUT2D eigenvalue weighted by molar-refractivity contribution is -0.117. The van der Waals surface area contributed by atoms with E-state index in [4.69, 9.17) is 9.26 Å². The predicted octanol–water partition coefficient (Wildman–Crippen LogP) is 4.03. The second-order valence-electron chi connectivity index (χ2n) is 6.07. The second-order valence-corrected chi connectivity index (χ2v) is 6.98. The van der Waals surface area contributed by atoms with Crippen molar-refractivity contribution in [1.82, 2.24) is 10.1 Å². The van der Waals surface area contributed by atoms with Gasteiger partial charge in [0.15, 0.2) is 0 Å². The van der Waals surface area contributed by atoms with Gasteiger partial charge >= 0.3 is 0 Å². The van der Waals surface area contributed by atoms with Crippen LogP contribution in [0.25, 0.3) is 11.4 Å². The van der Waals surface area contributed by atoms with Crippen LogP contribution >= 0.6 is 15.9 Å². The van der Waals surface area contributed by atoms with Gasteiger partial charge in [-0.05, 0) is 48.5 Å². The van der Waals surface area contributed by atoms with Gasteiger partial charge in [-0.2, -0.15) is 4.98 Å². The number of benzene rings is 2. The summed E-state index contributed by atoms with van der Waals surface area (Å²) >= 11 is 3.41. The first-order chi connectivity index (χ1) is 12.6. The Kier molecular flexibility index (Phi) is 4.46. The van der Waals surface area contributed by atoms with Gasteiger partial charge in [0, 0.05) is 28.7 Å². The molecule has 1 unspecified atom stereocenters. The van der Waals surface area contributed by atoms with E-state index in [1.54, 1.807) is 12.0 Å². The number of carbonyl (C=O) groups excluding carboxylic acids is 1. The largest absolute Gasteiger partial charge is 0.497 e. The fourth-order valence-corrected chi connectivity index (χ4v) is 3.27. The van der Waals surface area contributed by atoms with E-state index in [1.807, 2.05) is 48.5 Å². The van der Waals surface area contributed by atoms with Crippen molar-refractivity contribution in [1.29, 1.82) is 0 Å². The van der Waals surface area contributed by atoms with Crippen LogP contribution in [0, 0.1) is 0 Å². The Morgan fingerprint density at radius 2 is 1.88 bits per heavy atom. The van der Waals surface area contributed by atoms with Crippen LogP contribution in [-0.4, -0.2) is 29.7 Å². The first-order valence-corrected chi connectivity index (χ1v) is 8.97. The molecule has 1 aliphatic rings. The highest BCUT2D eigenvalue weighted by Gasteiger charge is 2.35. The van der Waals surface area contributed by atoms with Crippen LogP contribution in [0.5, 0.6) is 5.75 Å². The summed E-state index contributed by atoms with van der Waals surface area (Å²) in [5, 5.41) is 4.06. The maximum absolute atomic E-state index is 12.4. The summed E-state index contributed by atoms with van der Waals surface area (Å²) in [5.74, 6) is 1.72. The summed E-state index contributed by atoms with van der Waals surface area (Å²) in [5.41, 5.74) is 1.71. The number of anilines is 1. The van der Waals surface area contributed by atoms with Gasteiger partial charge < -0.3 is 14.2 Å². The first kappa shape index (κ1) is 16.8. The maximum atomic E-state index is 12.4. The van der Waals surface area contributed by atoms with Crippen LogP contribution in [0.2, 0.25) is 0 Å². The van der Waals surface area contributed by atoms with E-state index in [9.17, 15) is 4.79 Å². The topological polar surface area (TPSA) is 68.5 Å². The average Bonchev–Trinajstić information content (AvgIpc) is 3.29. The molecule has 1 saturated heterocycles. The lowest BCUT2D eigenvalue weighted by Crippen LogP contribution is -2.24. The average molecular weight is 414 g/mol. The molecular weight excluding hydrogens is 398 g/mol. The monoisotopic (exact) mass is 413 g/mol. The fraction of sp³-hybridized carbons (Fsp3) is 0.211. The van der Waals surface area contributed by atoms with E-state index in [0.717, 1.165) is 21.5 Å². The van der Waals surface area contributed by atoms with Crippen molar-refractivity contribution in [2.24, 2.45) is 0 Å². The number of aromatic nitrogens is 2. The normalized spacial score (nSPS) is 16.9. The number of rotatable bonds is 4. The second kappa shape index (κ2) is 6.92. The summed E-state index contributed by atoms with van der Waals surface area (Å²) in [7, 11) is 1.62. The third kappa shape index (κ3) is 3.22. The quantitative estimate of drug-likeness (QED) is 0.645. The summed E-state index contributed by atoms with van der Waals surface area (Å²) in [6.45, 7) is 0.521. The summed E-state index contributed by atoms with van der Waals surface area (Å²) in [6, 6.07) is 15.1. The van der Waals surface area contributed by atoms with E-state index in [-0.39, 0.29) is 11.8 Å². The lowest BCUT2D eigenvalue weighted by Gasteiger charge is -2.16. The fourth-order valence-electron chi connectivity index (χ4n) is 3.00. The highest BCUT2D eigenvalue weighted by Crippen LogP contribution is 2.32. The SMILES string of the molecule is COc1ccc(N2CC(c3nc(-c4ccc(Br)cc4)no3)CC2=O)cc1. The van der Waals surface area contributed by atoms with Gasteiger partial charge in [0.05, 0.1) is 13.0 Å². The molecule has 6 nitrogen and oxygen atoms in total. The van der Waals surface area contributed by atoms with Crippen LogP contribution in [0.15, 0.2) is 57.5 Å². The molecule has 0 aliphatic carbocycles. The molecule has 132 valence electrons. The molecule has 0 saturated carbocycles. The van der Waals surface area contributed by atoms with Crippen molar-refractivity contribution in [2.45, 2.75) is 12.3 Å². The number of amides is 1. The van der Waals surface area contributed by atoms with Crippen LogP contribution in [0.1, 0.15) is 18.2 Å². The van der Waals surface area contributed by atoms with Crippen molar-refractivity contribution in [2.75, 3.05) is 18.6 Å². The zero-order valence-corrected chi connectivity index (χ0v) is 15.6. The molecule has 0 N–H and O–H groups in total. The van der Waals surface area contributed by atoms with Crippen molar-refractivity contribution < 1.29 is 14.1 Å². The number of halogens is 1. The molecule has 1 aliphatic heterocycles. The standard InChI is InChI=1S/C19H16BrN3O3/c1-25-16-8-6-15(7-9-16)23-11-13(10-17(23)24)19-21-18(22-26-19)12-2-4-14(20)5-3-12/h2-9,13H,10-11H2,1H3. The van der Waals surface area contributed by atoms with Gasteiger partial charge in [0.2, 0.25) is 17.6 Å². The zero-order valence-electron chi connectivity index (χ0n) is 14.1. The molecule has 3 aromatic rings. The van der Waals surface area contributed by atoms with Crippen molar-refractivity contribution in [3.05, 3.63) is 58.9 Å². The minimum absolute atomic E-state index is 0.0450. The molecule has 2 aromatic carbocycles. The van der Waals surface area contributed by atoms with Crippen LogP contribution in [0.3, 0.4) is 0 Å². The molecule has 1 aromatic heterocycles. The Labute approximate surface area is 158 Å². The van der Waals surface area contributed by atoms with Gasteiger partial charge in [-0.3, -0.25) is 4.79 Å². The minimum atomic E-state index is -0.110. The number of hydrogen-bond acceptors (Lipinski definition) is 5. The molecular formula is C19H16BrN3O3. The number of carbonyl (C=O) groups is 1. The Morgan fingerprint density at radius 3 is 2.58 bits per heavy atom. The molecule has 26 heavy (non-hydrogen) atoms. The molecule has 1 amide bonds. The minimum Gasteiger partial charge on any atom is -0.497 e. The van der Waals surface area contributed by atoms with E-state index in [1.165, 1.54) is 0 Å². The molecule has 0 spiro atoms. The lowest BCUT2D eigenvalue weighted by atomic mass is 10.1. The van der Waals surface area contributed by atoms with E-state index in [0.29, 0.717) is 24.7 Å². The van der Waals surface area contributed by atoms with E-state index >= 15 is 0 Å². The van der Waals surface area contributed by atoms with E-state index < -0.39 is 0 Å². The molecule has 7 heteroatoms. The smallest absolute Gasteiger partial charge is 0.232 e. The Balaban J connectivity index is 1.52. The number of nitrogens with zero attached hydrogens (tertiary/aromatic N) is 3. The van der Waals surface area contributed by atoms with Gasteiger partial charge in [0.1, 0.15) is 5.75 Å². The zero-order chi connectivity index (χ0) is 18.1. The Morgan fingerprint density at radius 1 is 1.15 bits per heavy atom. The first-order valence-electron chi connectivity index (χ1n) is 8.18. The maximum Gasteiger partial charge on any atom is 0.232 e. The van der Waals surface area contributed by atoms with Crippen molar-refractivity contribution >= 4 is 27.5 Å². The Bertz CT molecular complexity index is 922. The van der Waals surface area contributed by atoms with Crippen LogP contribution in [0.4, 0.5) is 5.69 Å². The highest BCUT2D eigenvalue weighted by atomic mass is 79.9. The summed E-state index contributed by atoms with van der Waals surface area (Å²) in [6.07, 6.45) is 0.355. The van der Waals surface area contributed by atoms with Crippen molar-refractivity contribution in [3.8, 4) is 17.1 Å². The third-order valence-electron chi connectivity index (χ3n) is 4.40. The van der Waals surface area contributed by atoms with Crippen LogP contribution in [-0.2, 0) is 4.79 Å². The number of methoxy groups -OCH3 is 1. The van der Waals surface area contributed by atoms with Crippen molar-refractivity contribution in [3.63, 3.8) is 0 Å². The Hall–Kier alpha value is -2.67. The van der Waals surface area contributed by atoms with Gasteiger partial charge in [-0.15, -0.1) is 0 Å². The molecule has 0 radical (unpaired) electrons. The van der Waals surface area contributed by atoms with Gasteiger partial charge in [-0.25, -0.2) is 0 Å². The molecule has 1 fully saturated rings. The molecule has 0 bridgehead atoms.